The monoisotopic (exact) mass is 415 g/mol. The first-order valence-corrected chi connectivity index (χ1v) is 10.7. The lowest BCUT2D eigenvalue weighted by atomic mass is 10.1. The highest BCUT2D eigenvalue weighted by molar-refractivity contribution is 7.14. The third kappa shape index (κ3) is 9.53. The molecule has 0 spiro atoms. The third-order valence-electron chi connectivity index (χ3n) is 3.41. The molecule has 6 heteroatoms. The number of anilines is 1. The molecule has 0 saturated carbocycles. The summed E-state index contributed by atoms with van der Waals surface area (Å²) in [6, 6.07) is 3.79. The zero-order valence-electron chi connectivity index (χ0n) is 18.3. The zero-order chi connectivity index (χ0) is 22.1. The van der Waals surface area contributed by atoms with Crippen LogP contribution in [0, 0.1) is 11.8 Å². The highest BCUT2D eigenvalue weighted by Crippen LogP contribution is 2.27. The van der Waals surface area contributed by atoms with E-state index < -0.39 is 0 Å². The van der Waals surface area contributed by atoms with Crippen molar-refractivity contribution < 1.29 is 10.2 Å². The molecule has 0 unspecified atom stereocenters. The van der Waals surface area contributed by atoms with Crippen molar-refractivity contribution in [1.29, 1.82) is 0 Å². The minimum absolute atomic E-state index is 0.168. The van der Waals surface area contributed by atoms with Crippen molar-refractivity contribution in [3.63, 3.8) is 0 Å². The fourth-order valence-electron chi connectivity index (χ4n) is 2.31. The Morgan fingerprint density at radius 2 is 1.93 bits per heavy atom. The summed E-state index contributed by atoms with van der Waals surface area (Å²) in [5, 5.41) is 22.0. The first-order chi connectivity index (χ1) is 14.2. The molecule has 0 aliphatic heterocycles. The Hall–Kier alpha value is -2.46. The SMILES string of the molecule is CC.CC.CC1=CC(Nc2nc(-c3ccnc(C#CCO)c3)cs2)=CCC1.CO. The van der Waals surface area contributed by atoms with Crippen LogP contribution >= 0.6 is 11.3 Å². The fourth-order valence-corrected chi connectivity index (χ4v) is 3.05. The van der Waals surface area contributed by atoms with Gasteiger partial charge in [-0.05, 0) is 43.9 Å². The maximum atomic E-state index is 8.76. The smallest absolute Gasteiger partial charge is 0.187 e. The van der Waals surface area contributed by atoms with Crippen LogP contribution in [0.25, 0.3) is 11.3 Å². The maximum absolute atomic E-state index is 8.76. The summed E-state index contributed by atoms with van der Waals surface area (Å²) < 4.78 is 0. The number of aliphatic hydroxyl groups excluding tert-OH is 2. The van der Waals surface area contributed by atoms with Crippen molar-refractivity contribution in [3.8, 4) is 23.1 Å². The number of nitrogens with zero attached hydrogens (tertiary/aromatic N) is 2. The van der Waals surface area contributed by atoms with Gasteiger partial charge in [0, 0.05) is 29.9 Å². The van der Waals surface area contributed by atoms with E-state index in [0.29, 0.717) is 5.69 Å². The number of thiazole rings is 1. The van der Waals surface area contributed by atoms with Crippen LogP contribution < -0.4 is 5.32 Å². The second kappa shape index (κ2) is 16.5. The van der Waals surface area contributed by atoms with Gasteiger partial charge in [-0.3, -0.25) is 0 Å². The summed E-state index contributed by atoms with van der Waals surface area (Å²) in [4.78, 5) is 8.80. The molecule has 29 heavy (non-hydrogen) atoms. The van der Waals surface area contributed by atoms with E-state index in [-0.39, 0.29) is 6.61 Å². The lowest BCUT2D eigenvalue weighted by molar-refractivity contribution is 0.350. The summed E-state index contributed by atoms with van der Waals surface area (Å²) in [7, 11) is 1.00. The van der Waals surface area contributed by atoms with E-state index in [2.05, 4.69) is 46.2 Å². The predicted octanol–water partition coefficient (Wildman–Crippen LogP) is 5.25. The van der Waals surface area contributed by atoms with Crippen molar-refractivity contribution >= 4 is 16.5 Å². The Labute approximate surface area is 179 Å². The van der Waals surface area contributed by atoms with Crippen LogP contribution in [-0.2, 0) is 0 Å². The quantitative estimate of drug-likeness (QED) is 0.597. The van der Waals surface area contributed by atoms with Crippen LogP contribution in [0.4, 0.5) is 5.13 Å². The second-order valence-corrected chi connectivity index (χ2v) is 6.10. The number of rotatable bonds is 3. The number of aliphatic hydroxyl groups is 2. The highest BCUT2D eigenvalue weighted by atomic mass is 32.1. The number of hydrogen-bond donors (Lipinski definition) is 3. The highest BCUT2D eigenvalue weighted by Gasteiger charge is 2.08. The molecule has 1 aliphatic rings. The molecular weight excluding hydrogens is 382 g/mol. The molecule has 2 heterocycles. The topological polar surface area (TPSA) is 78.3 Å². The van der Waals surface area contributed by atoms with Crippen molar-refractivity contribution in [2.24, 2.45) is 0 Å². The zero-order valence-corrected chi connectivity index (χ0v) is 19.1. The molecule has 2 aromatic heterocycles. The van der Waals surface area contributed by atoms with Gasteiger partial charge in [-0.15, -0.1) is 11.3 Å². The maximum Gasteiger partial charge on any atom is 0.187 e. The molecule has 0 saturated heterocycles. The molecule has 3 N–H and O–H groups in total. The fraction of sp³-hybridized carbons (Fsp3) is 0.391. The molecular formula is C23H33N3O2S. The number of pyridine rings is 1. The molecule has 2 aromatic rings. The Morgan fingerprint density at radius 3 is 2.59 bits per heavy atom. The standard InChI is InChI=1S/C18H17N3OS.2C2H6.CH4O/c1-13-4-2-5-16(10-13)20-18-21-17(12-23-18)14-7-8-19-15(11-14)6-3-9-22;3*1-2/h5,7-8,10-12,22H,2,4,9H2,1H3,(H,20,21);2*1-2H3;2H,1H3. The lowest BCUT2D eigenvalue weighted by Gasteiger charge is -2.10. The molecule has 0 fully saturated rings. The average molecular weight is 416 g/mol. The molecule has 0 radical (unpaired) electrons. The summed E-state index contributed by atoms with van der Waals surface area (Å²) in [5.41, 5.74) is 4.99. The first-order valence-electron chi connectivity index (χ1n) is 9.85. The van der Waals surface area contributed by atoms with Crippen LogP contribution in [-0.4, -0.2) is 33.9 Å². The van der Waals surface area contributed by atoms with E-state index in [9.17, 15) is 0 Å². The largest absolute Gasteiger partial charge is 0.400 e. The number of nitrogens with one attached hydrogen (secondary N) is 1. The second-order valence-electron chi connectivity index (χ2n) is 5.24. The van der Waals surface area contributed by atoms with Crippen molar-refractivity contribution in [2.75, 3.05) is 19.0 Å². The summed E-state index contributed by atoms with van der Waals surface area (Å²) in [6.45, 7) is 9.98. The van der Waals surface area contributed by atoms with E-state index in [0.717, 1.165) is 42.0 Å². The van der Waals surface area contributed by atoms with Crippen LogP contribution in [0.15, 0.2) is 47.1 Å². The normalized spacial score (nSPS) is 11.4. The number of hydrogen-bond acceptors (Lipinski definition) is 6. The van der Waals surface area contributed by atoms with Crippen LogP contribution in [0.5, 0.6) is 0 Å². The molecule has 158 valence electrons. The minimum Gasteiger partial charge on any atom is -0.400 e. The van der Waals surface area contributed by atoms with Gasteiger partial charge < -0.3 is 15.5 Å². The van der Waals surface area contributed by atoms with E-state index in [4.69, 9.17) is 10.2 Å². The van der Waals surface area contributed by atoms with Crippen molar-refractivity contribution in [2.45, 2.75) is 47.5 Å². The Bertz CT molecular complexity index is 830. The van der Waals surface area contributed by atoms with Gasteiger partial charge in [-0.25, -0.2) is 9.97 Å². The lowest BCUT2D eigenvalue weighted by Crippen LogP contribution is -2.00. The van der Waals surface area contributed by atoms with E-state index in [1.807, 2.05) is 45.2 Å². The molecule has 3 rings (SSSR count). The van der Waals surface area contributed by atoms with Gasteiger partial charge in [0.05, 0.1) is 5.69 Å². The summed E-state index contributed by atoms with van der Waals surface area (Å²) in [6.07, 6.45) is 8.27. The van der Waals surface area contributed by atoms with Gasteiger partial charge in [0.2, 0.25) is 0 Å². The molecule has 5 nitrogen and oxygen atoms in total. The Kier molecular flexibility index (Phi) is 15.1. The average Bonchev–Trinajstić information content (AvgIpc) is 3.25. The van der Waals surface area contributed by atoms with Crippen LogP contribution in [0.2, 0.25) is 0 Å². The first kappa shape index (κ1) is 26.5. The molecule has 1 aliphatic carbocycles. The van der Waals surface area contributed by atoms with Gasteiger partial charge in [0.15, 0.2) is 5.13 Å². The number of aromatic nitrogens is 2. The number of allylic oxidation sites excluding steroid dienone is 3. The predicted molar refractivity (Wildman–Crippen MR) is 125 cm³/mol. The summed E-state index contributed by atoms with van der Waals surface area (Å²) in [5.74, 6) is 5.42. The van der Waals surface area contributed by atoms with Gasteiger partial charge in [-0.1, -0.05) is 45.3 Å². The molecule has 0 atom stereocenters. The van der Waals surface area contributed by atoms with Crippen LogP contribution in [0.1, 0.15) is 53.2 Å². The van der Waals surface area contributed by atoms with E-state index in [1.165, 1.54) is 5.57 Å². The molecule has 0 amide bonds. The van der Waals surface area contributed by atoms with Crippen molar-refractivity contribution in [3.05, 3.63) is 52.8 Å². The van der Waals surface area contributed by atoms with E-state index in [1.54, 1.807) is 17.5 Å². The van der Waals surface area contributed by atoms with E-state index >= 15 is 0 Å². The van der Waals surface area contributed by atoms with Gasteiger partial charge >= 0.3 is 0 Å². The van der Waals surface area contributed by atoms with Gasteiger partial charge in [0.1, 0.15) is 12.3 Å². The molecule has 0 aromatic carbocycles. The summed E-state index contributed by atoms with van der Waals surface area (Å²) >= 11 is 1.57. The third-order valence-corrected chi connectivity index (χ3v) is 4.17. The Morgan fingerprint density at radius 1 is 1.21 bits per heavy atom. The Balaban J connectivity index is 0.00000120. The molecule has 0 bridgehead atoms. The minimum atomic E-state index is -0.168. The van der Waals surface area contributed by atoms with Crippen LogP contribution in [0.3, 0.4) is 0 Å². The van der Waals surface area contributed by atoms with Gasteiger partial charge in [0.25, 0.3) is 0 Å². The van der Waals surface area contributed by atoms with Crippen molar-refractivity contribution in [1.82, 2.24) is 9.97 Å². The van der Waals surface area contributed by atoms with Gasteiger partial charge in [-0.2, -0.15) is 0 Å².